The van der Waals surface area contributed by atoms with Gasteiger partial charge in [-0.15, -0.1) is 0 Å². The van der Waals surface area contributed by atoms with Crippen LogP contribution in [-0.2, 0) is 15.8 Å². The number of aryl methyl sites for hydroxylation is 1. The third kappa shape index (κ3) is 4.19. The minimum absolute atomic E-state index is 0.0591. The van der Waals surface area contributed by atoms with Crippen LogP contribution in [0.25, 0.3) is 0 Å². The van der Waals surface area contributed by atoms with E-state index in [1.54, 1.807) is 23.2 Å². The molecule has 1 aromatic heterocycles. The fourth-order valence-corrected chi connectivity index (χ4v) is 3.24. The zero-order chi connectivity index (χ0) is 15.5. The second-order valence-electron chi connectivity index (χ2n) is 5.12. The van der Waals surface area contributed by atoms with Crippen LogP contribution in [0.2, 0.25) is 0 Å². The van der Waals surface area contributed by atoms with Crippen LogP contribution in [0, 0.1) is 6.92 Å². The van der Waals surface area contributed by atoms with Crippen LogP contribution in [0.5, 0.6) is 0 Å². The van der Waals surface area contributed by atoms with Gasteiger partial charge in [0, 0.05) is 20.3 Å². The zero-order valence-electron chi connectivity index (χ0n) is 12.4. The predicted octanol–water partition coefficient (Wildman–Crippen LogP) is 2.40. The smallest absolute Gasteiger partial charge is 0.237 e. The quantitative estimate of drug-likeness (QED) is 0.921. The number of nitrogens with zero attached hydrogens (tertiary/aromatic N) is 2. The third-order valence-electron chi connectivity index (χ3n) is 2.91. The summed E-state index contributed by atoms with van der Waals surface area (Å²) < 4.78 is 27.2. The van der Waals surface area contributed by atoms with Crippen molar-refractivity contribution >= 4 is 21.5 Å². The zero-order valence-corrected chi connectivity index (χ0v) is 13.2. The number of hydrogen-bond donors (Lipinski definition) is 1. The molecule has 6 heteroatoms. The molecule has 0 saturated heterocycles. The molecule has 5 nitrogen and oxygen atoms in total. The molecule has 112 valence electrons. The van der Waals surface area contributed by atoms with Crippen molar-refractivity contribution in [3.8, 4) is 0 Å². The molecule has 1 N–H and O–H groups in total. The van der Waals surface area contributed by atoms with Gasteiger partial charge in [0.05, 0.1) is 11.4 Å². The maximum absolute atomic E-state index is 12.3. The molecule has 0 aliphatic rings. The van der Waals surface area contributed by atoms with E-state index in [4.69, 9.17) is 0 Å². The average molecular weight is 305 g/mol. The van der Waals surface area contributed by atoms with Crippen LogP contribution >= 0.6 is 0 Å². The predicted molar refractivity (Wildman–Crippen MR) is 86.0 cm³/mol. The minimum atomic E-state index is -3.48. The molecule has 2 rings (SSSR count). The summed E-state index contributed by atoms with van der Waals surface area (Å²) in [7, 11) is 0.163. The molecule has 0 unspecified atom stereocenters. The summed E-state index contributed by atoms with van der Waals surface area (Å²) in [4.78, 5) is 5.95. The Hall–Kier alpha value is -2.08. The summed E-state index contributed by atoms with van der Waals surface area (Å²) in [6.45, 7) is 1.94. The standard InChI is InChI=1S/C15H19N3O2S/c1-12-6-4-7-13(10-12)11-21(19,20)17-14-8-5-9-16-15(14)18(2)3/h4-10,17H,11H2,1-3H3. The molecule has 1 aromatic carbocycles. The van der Waals surface area contributed by atoms with Crippen molar-refractivity contribution in [3.05, 3.63) is 53.7 Å². The molecule has 0 saturated carbocycles. The normalized spacial score (nSPS) is 11.2. The highest BCUT2D eigenvalue weighted by Gasteiger charge is 2.15. The Balaban J connectivity index is 2.22. The highest BCUT2D eigenvalue weighted by molar-refractivity contribution is 7.91. The summed E-state index contributed by atoms with van der Waals surface area (Å²) in [6.07, 6.45) is 1.63. The van der Waals surface area contributed by atoms with Gasteiger partial charge < -0.3 is 4.90 Å². The number of hydrogen-bond acceptors (Lipinski definition) is 4. The maximum Gasteiger partial charge on any atom is 0.237 e. The summed E-state index contributed by atoms with van der Waals surface area (Å²) in [5.41, 5.74) is 2.28. The van der Waals surface area contributed by atoms with E-state index < -0.39 is 10.0 Å². The number of nitrogens with one attached hydrogen (secondary N) is 1. The Kier molecular flexibility index (Phi) is 4.47. The summed E-state index contributed by atoms with van der Waals surface area (Å²) >= 11 is 0. The topological polar surface area (TPSA) is 62.3 Å². The number of rotatable bonds is 5. The highest BCUT2D eigenvalue weighted by atomic mass is 32.2. The van der Waals surface area contributed by atoms with Gasteiger partial charge in [-0.1, -0.05) is 29.8 Å². The van der Waals surface area contributed by atoms with Crippen molar-refractivity contribution in [3.63, 3.8) is 0 Å². The van der Waals surface area contributed by atoms with Gasteiger partial charge in [-0.3, -0.25) is 4.72 Å². The van der Waals surface area contributed by atoms with Crippen LogP contribution in [-0.4, -0.2) is 27.5 Å². The SMILES string of the molecule is Cc1cccc(CS(=O)(=O)Nc2cccnc2N(C)C)c1. The molecule has 1 heterocycles. The molecule has 21 heavy (non-hydrogen) atoms. The maximum atomic E-state index is 12.3. The first-order valence-corrected chi connectivity index (χ1v) is 8.21. The minimum Gasteiger partial charge on any atom is -0.361 e. The van der Waals surface area contributed by atoms with Gasteiger partial charge >= 0.3 is 0 Å². The van der Waals surface area contributed by atoms with Gasteiger partial charge in [0.25, 0.3) is 0 Å². The molecule has 0 bridgehead atoms. The number of benzene rings is 1. The number of pyridine rings is 1. The van der Waals surface area contributed by atoms with E-state index >= 15 is 0 Å². The Bertz CT molecular complexity index is 727. The monoisotopic (exact) mass is 305 g/mol. The van der Waals surface area contributed by atoms with Gasteiger partial charge in [-0.2, -0.15) is 0 Å². The third-order valence-corrected chi connectivity index (χ3v) is 4.16. The summed E-state index contributed by atoms with van der Waals surface area (Å²) in [5, 5.41) is 0. The fourth-order valence-electron chi connectivity index (χ4n) is 2.06. The van der Waals surface area contributed by atoms with E-state index in [9.17, 15) is 8.42 Å². The molecule has 0 spiro atoms. The van der Waals surface area contributed by atoms with Gasteiger partial charge in [0.2, 0.25) is 10.0 Å². The molecule has 0 radical (unpaired) electrons. The first kappa shape index (κ1) is 15.3. The lowest BCUT2D eigenvalue weighted by Gasteiger charge is -2.17. The Morgan fingerprint density at radius 1 is 1.19 bits per heavy atom. The lowest BCUT2D eigenvalue weighted by Crippen LogP contribution is -2.19. The number of sulfonamides is 1. The van der Waals surface area contributed by atoms with Gasteiger partial charge in [0.1, 0.15) is 0 Å². The highest BCUT2D eigenvalue weighted by Crippen LogP contribution is 2.22. The van der Waals surface area contributed by atoms with Crippen LogP contribution in [0.15, 0.2) is 42.6 Å². The van der Waals surface area contributed by atoms with Crippen LogP contribution in [0.3, 0.4) is 0 Å². The van der Waals surface area contributed by atoms with Crippen molar-refractivity contribution in [1.29, 1.82) is 0 Å². The molecule has 0 aliphatic heterocycles. The first-order valence-electron chi connectivity index (χ1n) is 6.56. The Morgan fingerprint density at radius 3 is 2.62 bits per heavy atom. The van der Waals surface area contributed by atoms with E-state index in [1.165, 1.54) is 0 Å². The van der Waals surface area contributed by atoms with Crippen molar-refractivity contribution in [1.82, 2.24) is 4.98 Å². The molecule has 0 amide bonds. The van der Waals surface area contributed by atoms with E-state index in [0.29, 0.717) is 11.5 Å². The lowest BCUT2D eigenvalue weighted by molar-refractivity contribution is 0.600. The molecular weight excluding hydrogens is 286 g/mol. The Labute approximate surface area is 125 Å². The lowest BCUT2D eigenvalue weighted by atomic mass is 10.2. The Morgan fingerprint density at radius 2 is 1.95 bits per heavy atom. The second kappa shape index (κ2) is 6.13. The first-order chi connectivity index (χ1) is 9.87. The van der Waals surface area contributed by atoms with Crippen molar-refractivity contribution in [2.75, 3.05) is 23.7 Å². The molecule has 0 aliphatic carbocycles. The average Bonchev–Trinajstić information content (AvgIpc) is 2.37. The van der Waals surface area contributed by atoms with Crippen molar-refractivity contribution < 1.29 is 8.42 Å². The van der Waals surface area contributed by atoms with E-state index in [0.717, 1.165) is 11.1 Å². The van der Waals surface area contributed by atoms with Crippen LogP contribution in [0.1, 0.15) is 11.1 Å². The van der Waals surface area contributed by atoms with Gasteiger partial charge in [0.15, 0.2) is 5.82 Å². The van der Waals surface area contributed by atoms with Crippen LogP contribution < -0.4 is 9.62 Å². The van der Waals surface area contributed by atoms with Crippen molar-refractivity contribution in [2.24, 2.45) is 0 Å². The van der Waals surface area contributed by atoms with E-state index in [1.807, 2.05) is 45.3 Å². The molecule has 0 fully saturated rings. The van der Waals surface area contributed by atoms with Gasteiger partial charge in [-0.05, 0) is 24.6 Å². The summed E-state index contributed by atoms with van der Waals surface area (Å²) in [6, 6.07) is 10.9. The summed E-state index contributed by atoms with van der Waals surface area (Å²) in [5.74, 6) is 0.529. The molecule has 0 atom stereocenters. The van der Waals surface area contributed by atoms with Crippen molar-refractivity contribution in [2.45, 2.75) is 12.7 Å². The number of aromatic nitrogens is 1. The second-order valence-corrected chi connectivity index (χ2v) is 6.84. The largest absolute Gasteiger partial charge is 0.361 e. The van der Waals surface area contributed by atoms with Crippen LogP contribution in [0.4, 0.5) is 11.5 Å². The molecular formula is C15H19N3O2S. The van der Waals surface area contributed by atoms with Gasteiger partial charge in [-0.25, -0.2) is 13.4 Å². The van der Waals surface area contributed by atoms with E-state index in [2.05, 4.69) is 9.71 Å². The molecule has 2 aromatic rings. The van der Waals surface area contributed by atoms with E-state index in [-0.39, 0.29) is 5.75 Å². The fraction of sp³-hybridized carbons (Fsp3) is 0.267. The number of anilines is 2.